The van der Waals surface area contributed by atoms with Crippen LogP contribution in [0.1, 0.15) is 29.2 Å². The average Bonchev–Trinajstić information content (AvgIpc) is 2.65. The molecular weight excluding hydrogens is 236 g/mol. The van der Waals surface area contributed by atoms with Gasteiger partial charge in [0.05, 0.1) is 5.69 Å². The summed E-state index contributed by atoms with van der Waals surface area (Å²) in [5.41, 5.74) is 6.15. The normalized spacial score (nSPS) is 11.7. The Morgan fingerprint density at radius 2 is 2.33 bits per heavy atom. The minimum Gasteiger partial charge on any atom is -0.348 e. The third-order valence-electron chi connectivity index (χ3n) is 1.83. The van der Waals surface area contributed by atoms with Gasteiger partial charge in [0.2, 0.25) is 0 Å². The molecule has 15 heavy (non-hydrogen) atoms. The molecule has 0 unspecified atom stereocenters. The molecule has 0 saturated carbocycles. The highest BCUT2D eigenvalue weighted by atomic mass is 35.5. The van der Waals surface area contributed by atoms with Crippen LogP contribution in [0.3, 0.4) is 0 Å². The van der Waals surface area contributed by atoms with Crippen LogP contribution in [-0.2, 0) is 6.42 Å². The lowest BCUT2D eigenvalue weighted by atomic mass is 10.2. The SMILES string of the molecule is CCc1nnsc1C(=O)N[C@H](C)CN.Cl. The van der Waals surface area contributed by atoms with Crippen molar-refractivity contribution in [3.05, 3.63) is 10.6 Å². The number of nitrogens with zero attached hydrogens (tertiary/aromatic N) is 2. The summed E-state index contributed by atoms with van der Waals surface area (Å²) in [4.78, 5) is 12.2. The molecule has 7 heteroatoms. The van der Waals surface area contributed by atoms with Gasteiger partial charge in [0.25, 0.3) is 5.91 Å². The summed E-state index contributed by atoms with van der Waals surface area (Å²) in [6.07, 6.45) is 0.719. The van der Waals surface area contributed by atoms with Crippen LogP contribution in [-0.4, -0.2) is 28.1 Å². The Balaban J connectivity index is 0.00000196. The lowest BCUT2D eigenvalue weighted by Crippen LogP contribution is -2.37. The fourth-order valence-electron chi connectivity index (χ4n) is 0.961. The molecule has 0 spiro atoms. The second-order valence-electron chi connectivity index (χ2n) is 3.01. The molecule has 0 radical (unpaired) electrons. The molecule has 1 heterocycles. The first-order chi connectivity index (χ1) is 6.69. The molecule has 0 aromatic carbocycles. The summed E-state index contributed by atoms with van der Waals surface area (Å²) in [6, 6.07) is -0.0192. The number of nitrogens with two attached hydrogens (primary N) is 1. The molecule has 1 amide bonds. The number of aromatic nitrogens is 2. The Kier molecular flexibility index (Phi) is 6.38. The van der Waals surface area contributed by atoms with Crippen molar-refractivity contribution in [3.8, 4) is 0 Å². The van der Waals surface area contributed by atoms with Gasteiger partial charge in [0.1, 0.15) is 4.88 Å². The Bertz CT molecular complexity index is 317. The van der Waals surface area contributed by atoms with Crippen LogP contribution < -0.4 is 11.1 Å². The van der Waals surface area contributed by atoms with Crippen molar-refractivity contribution in [2.45, 2.75) is 26.3 Å². The van der Waals surface area contributed by atoms with E-state index in [1.54, 1.807) is 0 Å². The maximum absolute atomic E-state index is 11.6. The van der Waals surface area contributed by atoms with E-state index in [1.807, 2.05) is 13.8 Å². The number of hydrogen-bond donors (Lipinski definition) is 2. The summed E-state index contributed by atoms with van der Waals surface area (Å²) in [5.74, 6) is -0.130. The van der Waals surface area contributed by atoms with Gasteiger partial charge in [0.15, 0.2) is 0 Å². The molecule has 0 aliphatic heterocycles. The third kappa shape index (κ3) is 3.73. The summed E-state index contributed by atoms with van der Waals surface area (Å²) >= 11 is 1.12. The van der Waals surface area contributed by atoms with E-state index in [1.165, 1.54) is 0 Å². The molecule has 0 fully saturated rings. The highest BCUT2D eigenvalue weighted by Crippen LogP contribution is 2.10. The van der Waals surface area contributed by atoms with Crippen LogP contribution in [0, 0.1) is 0 Å². The molecule has 0 aliphatic rings. The first kappa shape index (κ1) is 14.3. The molecule has 0 aliphatic carbocycles. The Morgan fingerprint density at radius 1 is 1.67 bits per heavy atom. The van der Waals surface area contributed by atoms with Gasteiger partial charge in [0, 0.05) is 12.6 Å². The van der Waals surface area contributed by atoms with Gasteiger partial charge < -0.3 is 11.1 Å². The van der Waals surface area contributed by atoms with Gasteiger partial charge in [-0.05, 0) is 24.9 Å². The van der Waals surface area contributed by atoms with Crippen LogP contribution in [0.15, 0.2) is 0 Å². The number of amides is 1. The van der Waals surface area contributed by atoms with E-state index >= 15 is 0 Å². The first-order valence-corrected chi connectivity index (χ1v) is 5.28. The lowest BCUT2D eigenvalue weighted by molar-refractivity contribution is 0.0944. The zero-order chi connectivity index (χ0) is 10.6. The zero-order valence-electron chi connectivity index (χ0n) is 8.69. The highest BCUT2D eigenvalue weighted by Gasteiger charge is 2.15. The monoisotopic (exact) mass is 250 g/mol. The highest BCUT2D eigenvalue weighted by molar-refractivity contribution is 7.08. The van der Waals surface area contributed by atoms with E-state index in [0.29, 0.717) is 11.4 Å². The lowest BCUT2D eigenvalue weighted by Gasteiger charge is -2.09. The summed E-state index contributed by atoms with van der Waals surface area (Å²) in [6.45, 7) is 4.23. The van der Waals surface area contributed by atoms with E-state index in [4.69, 9.17) is 5.73 Å². The molecule has 1 aromatic heterocycles. The molecule has 1 rings (SSSR count). The quantitative estimate of drug-likeness (QED) is 0.820. The van der Waals surface area contributed by atoms with Crippen molar-refractivity contribution < 1.29 is 4.79 Å². The van der Waals surface area contributed by atoms with Crippen LogP contribution in [0.2, 0.25) is 0 Å². The van der Waals surface area contributed by atoms with E-state index in [2.05, 4.69) is 14.9 Å². The molecule has 86 valence electrons. The Morgan fingerprint density at radius 3 is 2.87 bits per heavy atom. The number of carbonyl (C=O) groups is 1. The topological polar surface area (TPSA) is 80.9 Å². The van der Waals surface area contributed by atoms with Crippen LogP contribution >= 0.6 is 23.9 Å². The molecule has 1 atom stereocenters. The van der Waals surface area contributed by atoms with E-state index < -0.39 is 0 Å². The number of carbonyl (C=O) groups excluding carboxylic acids is 1. The molecule has 0 bridgehead atoms. The average molecular weight is 251 g/mol. The molecular formula is C8H15ClN4OS. The summed E-state index contributed by atoms with van der Waals surface area (Å²) in [7, 11) is 0. The predicted octanol–water partition coefficient (Wildman–Crippen LogP) is 0.599. The van der Waals surface area contributed by atoms with Crippen LogP contribution in [0.25, 0.3) is 0 Å². The number of nitrogens with one attached hydrogen (secondary N) is 1. The standard InChI is InChI=1S/C8H14N4OS.ClH/c1-3-6-7(14-12-11-6)8(13)10-5(2)4-9;/h5H,3-4,9H2,1-2H3,(H,10,13);1H/t5-;/m1./s1. The Labute approximate surface area is 99.0 Å². The van der Waals surface area contributed by atoms with Gasteiger partial charge >= 0.3 is 0 Å². The maximum atomic E-state index is 11.6. The van der Waals surface area contributed by atoms with Crippen molar-refractivity contribution in [2.75, 3.05) is 6.54 Å². The summed E-state index contributed by atoms with van der Waals surface area (Å²) < 4.78 is 3.75. The first-order valence-electron chi connectivity index (χ1n) is 4.51. The fourth-order valence-corrected chi connectivity index (χ4v) is 1.61. The number of aryl methyl sites for hydroxylation is 1. The third-order valence-corrected chi connectivity index (χ3v) is 2.59. The van der Waals surface area contributed by atoms with Crippen molar-refractivity contribution in [2.24, 2.45) is 5.73 Å². The Hall–Kier alpha value is -0.720. The van der Waals surface area contributed by atoms with Crippen molar-refractivity contribution in [1.29, 1.82) is 0 Å². The van der Waals surface area contributed by atoms with Gasteiger partial charge in [-0.3, -0.25) is 4.79 Å². The van der Waals surface area contributed by atoms with E-state index in [-0.39, 0.29) is 24.4 Å². The minimum absolute atomic E-state index is 0. The van der Waals surface area contributed by atoms with Gasteiger partial charge in [-0.1, -0.05) is 11.4 Å². The van der Waals surface area contributed by atoms with Crippen molar-refractivity contribution in [1.82, 2.24) is 14.9 Å². The van der Waals surface area contributed by atoms with Gasteiger partial charge in [-0.25, -0.2) is 0 Å². The van der Waals surface area contributed by atoms with Gasteiger partial charge in [-0.2, -0.15) is 0 Å². The van der Waals surface area contributed by atoms with E-state index in [9.17, 15) is 4.79 Å². The second kappa shape index (κ2) is 6.71. The zero-order valence-corrected chi connectivity index (χ0v) is 10.3. The van der Waals surface area contributed by atoms with Crippen LogP contribution in [0.5, 0.6) is 0 Å². The number of halogens is 1. The van der Waals surface area contributed by atoms with Crippen molar-refractivity contribution in [3.63, 3.8) is 0 Å². The predicted molar refractivity (Wildman–Crippen MR) is 62.5 cm³/mol. The van der Waals surface area contributed by atoms with E-state index in [0.717, 1.165) is 23.6 Å². The number of hydrogen-bond acceptors (Lipinski definition) is 5. The summed E-state index contributed by atoms with van der Waals surface area (Å²) in [5, 5.41) is 6.64. The molecule has 0 saturated heterocycles. The smallest absolute Gasteiger partial charge is 0.265 e. The van der Waals surface area contributed by atoms with Gasteiger partial charge in [-0.15, -0.1) is 17.5 Å². The minimum atomic E-state index is -0.130. The maximum Gasteiger partial charge on any atom is 0.265 e. The molecule has 3 N–H and O–H groups in total. The molecule has 5 nitrogen and oxygen atoms in total. The molecule has 1 aromatic rings. The van der Waals surface area contributed by atoms with Crippen molar-refractivity contribution >= 4 is 29.8 Å². The fraction of sp³-hybridized carbons (Fsp3) is 0.625. The van der Waals surface area contributed by atoms with Crippen LogP contribution in [0.4, 0.5) is 0 Å². The number of rotatable bonds is 4. The largest absolute Gasteiger partial charge is 0.348 e. The second-order valence-corrected chi connectivity index (χ2v) is 3.77.